The summed E-state index contributed by atoms with van der Waals surface area (Å²) in [5, 5.41) is 14.2. The lowest BCUT2D eigenvalue weighted by Crippen LogP contribution is -2.26. The zero-order valence-electron chi connectivity index (χ0n) is 23.6. The average Bonchev–Trinajstić information content (AvgIpc) is 3.67. The van der Waals surface area contributed by atoms with Gasteiger partial charge >= 0.3 is 6.55 Å². The highest BCUT2D eigenvalue weighted by molar-refractivity contribution is 6.31. The number of fused-ring (bicyclic) bond motifs is 4. The fraction of sp³-hybridized carbons (Fsp3) is 0.267. The number of benzene rings is 2. The molecule has 2 atom stereocenters. The van der Waals surface area contributed by atoms with Gasteiger partial charge in [0.2, 0.25) is 5.91 Å². The number of hydrogen-bond acceptors (Lipinski definition) is 6. The van der Waals surface area contributed by atoms with E-state index in [2.05, 4.69) is 25.7 Å². The SMILES string of the molecule is CC1CCCC(n2cnc(-c3cc(Cl)ccc3-n3cc(C(F)F)nn3)cc2=O)c2cccc(c2)-c2c(cnn2C(F)F)NC1=O. The molecule has 4 heterocycles. The van der Waals surface area contributed by atoms with Gasteiger partial charge in [0.15, 0.2) is 0 Å². The van der Waals surface area contributed by atoms with E-state index in [9.17, 15) is 27.2 Å². The van der Waals surface area contributed by atoms with Gasteiger partial charge in [0, 0.05) is 28.1 Å². The van der Waals surface area contributed by atoms with Gasteiger partial charge in [-0.05, 0) is 42.7 Å². The van der Waals surface area contributed by atoms with Gasteiger partial charge in [-0.1, -0.05) is 48.4 Å². The van der Waals surface area contributed by atoms with Crippen LogP contribution in [0.25, 0.3) is 28.2 Å². The summed E-state index contributed by atoms with van der Waals surface area (Å²) in [4.78, 5) is 31.1. The second-order valence-corrected chi connectivity index (χ2v) is 11.1. The van der Waals surface area contributed by atoms with Crippen molar-refractivity contribution < 1.29 is 22.4 Å². The molecule has 3 aromatic heterocycles. The van der Waals surface area contributed by atoms with Gasteiger partial charge in [-0.2, -0.15) is 13.9 Å². The number of nitrogens with zero attached hydrogens (tertiary/aromatic N) is 7. The van der Waals surface area contributed by atoms with Crippen LogP contribution in [0.5, 0.6) is 0 Å². The minimum absolute atomic E-state index is 0.0455. The Morgan fingerprint density at radius 1 is 1.04 bits per heavy atom. The Kier molecular flexibility index (Phi) is 8.23. The Morgan fingerprint density at radius 2 is 1.87 bits per heavy atom. The van der Waals surface area contributed by atoms with Crippen LogP contribution in [0.3, 0.4) is 0 Å². The fourth-order valence-corrected chi connectivity index (χ4v) is 5.62. The third-order valence-corrected chi connectivity index (χ3v) is 7.97. The van der Waals surface area contributed by atoms with E-state index in [0.29, 0.717) is 51.3 Å². The highest BCUT2D eigenvalue weighted by Gasteiger charge is 2.26. The molecule has 232 valence electrons. The number of carbonyl (C=O) groups excluding carboxylic acids is 1. The van der Waals surface area contributed by atoms with Crippen molar-refractivity contribution in [2.45, 2.75) is 45.2 Å². The zero-order chi connectivity index (χ0) is 31.8. The second-order valence-electron chi connectivity index (χ2n) is 10.7. The number of halogens is 5. The van der Waals surface area contributed by atoms with Crippen LogP contribution in [0.4, 0.5) is 23.2 Å². The van der Waals surface area contributed by atoms with E-state index in [0.717, 1.165) is 10.9 Å². The second kappa shape index (κ2) is 12.3. The van der Waals surface area contributed by atoms with Crippen molar-refractivity contribution in [1.82, 2.24) is 34.3 Å². The van der Waals surface area contributed by atoms with Crippen LogP contribution in [0.1, 0.15) is 56.5 Å². The molecule has 45 heavy (non-hydrogen) atoms. The van der Waals surface area contributed by atoms with E-state index in [1.54, 1.807) is 49.4 Å². The van der Waals surface area contributed by atoms with Gasteiger partial charge in [0.1, 0.15) is 5.69 Å². The monoisotopic (exact) mass is 640 g/mol. The van der Waals surface area contributed by atoms with Crippen molar-refractivity contribution >= 4 is 23.2 Å². The van der Waals surface area contributed by atoms with Crippen LogP contribution in [-0.4, -0.2) is 40.2 Å². The largest absolute Gasteiger partial charge is 0.333 e. The molecule has 2 unspecified atom stereocenters. The van der Waals surface area contributed by atoms with E-state index >= 15 is 0 Å². The van der Waals surface area contributed by atoms with Crippen molar-refractivity contribution in [1.29, 1.82) is 0 Å². The fourth-order valence-electron chi connectivity index (χ4n) is 5.45. The van der Waals surface area contributed by atoms with Crippen molar-refractivity contribution in [3.63, 3.8) is 0 Å². The summed E-state index contributed by atoms with van der Waals surface area (Å²) in [6.45, 7) is -1.21. The average molecular weight is 641 g/mol. The van der Waals surface area contributed by atoms with Gasteiger partial charge in [0.25, 0.3) is 12.0 Å². The lowest BCUT2D eigenvalue weighted by molar-refractivity contribution is -0.119. The quantitative estimate of drug-likeness (QED) is 0.214. The number of nitrogens with one attached hydrogen (secondary N) is 1. The van der Waals surface area contributed by atoms with Gasteiger partial charge < -0.3 is 5.32 Å². The lowest BCUT2D eigenvalue weighted by Gasteiger charge is -2.23. The number of aromatic nitrogens is 7. The minimum Gasteiger partial charge on any atom is -0.323 e. The predicted octanol–water partition coefficient (Wildman–Crippen LogP) is 6.69. The highest BCUT2D eigenvalue weighted by Crippen LogP contribution is 2.36. The van der Waals surface area contributed by atoms with Crippen LogP contribution >= 0.6 is 11.6 Å². The molecule has 0 saturated carbocycles. The van der Waals surface area contributed by atoms with E-state index in [1.165, 1.54) is 23.2 Å². The minimum atomic E-state index is -2.95. The van der Waals surface area contributed by atoms with Crippen LogP contribution in [0.15, 0.2) is 72.0 Å². The van der Waals surface area contributed by atoms with E-state index < -0.39 is 36.2 Å². The van der Waals surface area contributed by atoms with Crippen LogP contribution < -0.4 is 10.9 Å². The predicted molar refractivity (Wildman–Crippen MR) is 158 cm³/mol. The Morgan fingerprint density at radius 3 is 2.60 bits per heavy atom. The Balaban J connectivity index is 1.43. The molecule has 2 aromatic carbocycles. The Hall–Kier alpha value is -4.85. The molecular formula is C30H25ClF4N8O2. The first-order valence-corrected chi connectivity index (χ1v) is 14.3. The zero-order valence-corrected chi connectivity index (χ0v) is 24.4. The molecule has 1 aliphatic rings. The number of anilines is 1. The summed E-state index contributed by atoms with van der Waals surface area (Å²) in [5.74, 6) is -0.765. The highest BCUT2D eigenvalue weighted by atomic mass is 35.5. The summed E-state index contributed by atoms with van der Waals surface area (Å²) in [6.07, 6.45) is 2.34. The first-order chi connectivity index (χ1) is 21.6. The number of hydrogen-bond donors (Lipinski definition) is 1. The third-order valence-electron chi connectivity index (χ3n) is 7.73. The topological polar surface area (TPSA) is 113 Å². The first kappa shape index (κ1) is 30.2. The third kappa shape index (κ3) is 5.97. The smallest absolute Gasteiger partial charge is 0.323 e. The van der Waals surface area contributed by atoms with Gasteiger partial charge in [-0.25, -0.2) is 23.1 Å². The Bertz CT molecular complexity index is 1940. The summed E-state index contributed by atoms with van der Waals surface area (Å²) in [5.41, 5.74) is 1.24. The van der Waals surface area contributed by atoms with E-state index in [-0.39, 0.29) is 23.0 Å². The standard InChI is InChI=1S/C30H25ClF4N8O2/c1-16-4-2-7-24(17-5-3-6-18(10-17)27-22(38-29(16)45)13-37-43(27)30(34)35)41-15-36-21(12-26(41)44)20-11-19(31)8-9-25(20)42-14-23(28(32)33)39-40-42/h3,5-6,8-16,24,28,30H,2,4,7H2,1H3,(H,38,45). The molecule has 0 radical (unpaired) electrons. The van der Waals surface area contributed by atoms with Gasteiger partial charge in [-0.3, -0.25) is 14.2 Å². The van der Waals surface area contributed by atoms with Crippen LogP contribution in [0.2, 0.25) is 5.02 Å². The molecule has 1 amide bonds. The van der Waals surface area contributed by atoms with E-state index in [4.69, 9.17) is 11.6 Å². The van der Waals surface area contributed by atoms with Crippen LogP contribution in [-0.2, 0) is 4.79 Å². The lowest BCUT2D eigenvalue weighted by atomic mass is 9.94. The molecule has 1 N–H and O–H groups in total. The summed E-state index contributed by atoms with van der Waals surface area (Å²) in [6, 6.07) is 12.2. The molecule has 1 aliphatic heterocycles. The molecule has 0 fully saturated rings. The molecule has 0 spiro atoms. The maximum Gasteiger partial charge on any atom is 0.333 e. The molecule has 5 aromatic rings. The maximum absolute atomic E-state index is 13.9. The van der Waals surface area contributed by atoms with Crippen molar-refractivity contribution in [3.05, 3.63) is 93.9 Å². The summed E-state index contributed by atoms with van der Waals surface area (Å²) >= 11 is 6.25. The van der Waals surface area contributed by atoms with Crippen LogP contribution in [0, 0.1) is 5.92 Å². The summed E-state index contributed by atoms with van der Waals surface area (Å²) in [7, 11) is 0. The molecular weight excluding hydrogens is 616 g/mol. The molecule has 2 bridgehead atoms. The Labute approximate surface area is 258 Å². The van der Waals surface area contributed by atoms with Crippen molar-refractivity contribution in [3.8, 4) is 28.2 Å². The number of amides is 1. The molecule has 6 rings (SSSR count). The van der Waals surface area contributed by atoms with E-state index in [1.807, 2.05) is 0 Å². The number of rotatable bonds is 5. The van der Waals surface area contributed by atoms with Gasteiger partial charge in [-0.15, -0.1) is 5.10 Å². The number of alkyl halides is 4. The summed E-state index contributed by atoms with van der Waals surface area (Å²) < 4.78 is 57.4. The molecule has 0 saturated heterocycles. The normalized spacial score (nSPS) is 17.1. The maximum atomic E-state index is 13.9. The molecule has 10 nitrogen and oxygen atoms in total. The first-order valence-electron chi connectivity index (χ1n) is 14.0. The molecule has 15 heteroatoms. The van der Waals surface area contributed by atoms with Gasteiger partial charge in [0.05, 0.1) is 47.5 Å². The van der Waals surface area contributed by atoms with Crippen molar-refractivity contribution in [2.24, 2.45) is 5.92 Å². The molecule has 0 aliphatic carbocycles. The number of carbonyl (C=O) groups is 1. The van der Waals surface area contributed by atoms with Crippen molar-refractivity contribution in [2.75, 3.05) is 5.32 Å².